The van der Waals surface area contributed by atoms with Gasteiger partial charge in [-0.3, -0.25) is 4.57 Å². The van der Waals surface area contributed by atoms with Crippen molar-refractivity contribution in [2.75, 3.05) is 5.73 Å². The Labute approximate surface area is 118 Å². The number of nitrogen functional groups attached to an aromatic ring is 1. The number of aromatic nitrogens is 4. The number of rotatable bonds is 3. The number of nitrogens with zero attached hydrogens (tertiary/aromatic N) is 3. The molecule has 0 aliphatic carbocycles. The molecule has 3 N–H and O–H groups in total. The highest BCUT2D eigenvalue weighted by atomic mass is 32.2. The van der Waals surface area contributed by atoms with Gasteiger partial charge in [-0.2, -0.15) is 0 Å². The summed E-state index contributed by atoms with van der Waals surface area (Å²) < 4.78 is 7.15. The molecule has 0 bridgehead atoms. The smallest absolute Gasteiger partial charge is 0.344 e. The summed E-state index contributed by atoms with van der Waals surface area (Å²) in [4.78, 5) is 16.0. The van der Waals surface area contributed by atoms with E-state index >= 15 is 0 Å². The van der Waals surface area contributed by atoms with Crippen LogP contribution in [0.15, 0.2) is 37.8 Å². The fourth-order valence-electron chi connectivity index (χ4n) is 1.86. The number of oxazole rings is 1. The lowest BCUT2D eigenvalue weighted by molar-refractivity contribution is 0.484. The monoisotopic (exact) mass is 291 g/mol. The van der Waals surface area contributed by atoms with Crippen molar-refractivity contribution in [1.82, 2.24) is 19.7 Å². The second kappa shape index (κ2) is 4.71. The van der Waals surface area contributed by atoms with E-state index in [2.05, 4.69) is 15.2 Å². The predicted molar refractivity (Wildman–Crippen MR) is 75.8 cm³/mol. The number of fused-ring (bicyclic) bond motifs is 1. The molecular weight excluding hydrogens is 278 g/mol. The standard InChI is InChI=1S/C12H13N5O2S/c1-6(2)17-10(18)15-16-11(17)20-12-14-8-5-7(13)3-4-9(8)19-12/h3-6H,13H2,1-2H3,(H,15,18). The number of H-pyrrole nitrogens is 1. The number of aromatic amines is 1. The van der Waals surface area contributed by atoms with Crippen LogP contribution in [-0.2, 0) is 0 Å². The van der Waals surface area contributed by atoms with Gasteiger partial charge in [-0.15, -0.1) is 5.10 Å². The summed E-state index contributed by atoms with van der Waals surface area (Å²) in [6, 6.07) is 5.26. The first-order chi connectivity index (χ1) is 9.54. The van der Waals surface area contributed by atoms with Crippen molar-refractivity contribution in [3.63, 3.8) is 0 Å². The van der Waals surface area contributed by atoms with Gasteiger partial charge >= 0.3 is 5.69 Å². The average molecular weight is 291 g/mol. The first kappa shape index (κ1) is 12.8. The predicted octanol–water partition coefficient (Wildman–Crippen LogP) is 2.03. The third-order valence-corrected chi connectivity index (χ3v) is 3.58. The maximum atomic E-state index is 11.7. The first-order valence-electron chi connectivity index (χ1n) is 6.05. The molecule has 3 rings (SSSR count). The molecule has 0 aliphatic heterocycles. The van der Waals surface area contributed by atoms with Crippen LogP contribution in [0.4, 0.5) is 5.69 Å². The zero-order valence-electron chi connectivity index (χ0n) is 11.0. The van der Waals surface area contributed by atoms with Crippen molar-refractivity contribution in [1.29, 1.82) is 0 Å². The molecule has 0 fully saturated rings. The minimum Gasteiger partial charge on any atom is -0.431 e. The van der Waals surface area contributed by atoms with E-state index in [9.17, 15) is 4.79 Å². The average Bonchev–Trinajstić information content (AvgIpc) is 2.92. The van der Waals surface area contributed by atoms with Crippen LogP contribution >= 0.6 is 11.8 Å². The molecule has 0 spiro atoms. The van der Waals surface area contributed by atoms with Gasteiger partial charge < -0.3 is 10.2 Å². The van der Waals surface area contributed by atoms with E-state index in [1.165, 1.54) is 11.8 Å². The number of anilines is 1. The molecule has 1 aromatic carbocycles. The molecule has 7 nitrogen and oxygen atoms in total. The molecular formula is C12H13N5O2S. The van der Waals surface area contributed by atoms with Crippen molar-refractivity contribution >= 4 is 28.5 Å². The van der Waals surface area contributed by atoms with E-state index in [4.69, 9.17) is 10.2 Å². The molecule has 20 heavy (non-hydrogen) atoms. The number of nitrogens with one attached hydrogen (secondary N) is 1. The van der Waals surface area contributed by atoms with E-state index in [-0.39, 0.29) is 11.7 Å². The Morgan fingerprint density at radius 1 is 1.45 bits per heavy atom. The topological polar surface area (TPSA) is 103 Å². The zero-order chi connectivity index (χ0) is 14.3. The van der Waals surface area contributed by atoms with Gasteiger partial charge in [0, 0.05) is 23.5 Å². The Morgan fingerprint density at radius 3 is 3.00 bits per heavy atom. The van der Waals surface area contributed by atoms with Crippen LogP contribution < -0.4 is 11.4 Å². The van der Waals surface area contributed by atoms with Crippen LogP contribution in [0, 0.1) is 0 Å². The Morgan fingerprint density at radius 2 is 2.25 bits per heavy atom. The highest BCUT2D eigenvalue weighted by Crippen LogP contribution is 2.29. The highest BCUT2D eigenvalue weighted by Gasteiger charge is 2.16. The quantitative estimate of drug-likeness (QED) is 0.716. The van der Waals surface area contributed by atoms with E-state index in [1.54, 1.807) is 22.8 Å². The van der Waals surface area contributed by atoms with Gasteiger partial charge in [-0.25, -0.2) is 14.9 Å². The number of hydrogen-bond donors (Lipinski definition) is 2. The third-order valence-electron chi connectivity index (χ3n) is 2.76. The molecule has 104 valence electrons. The van der Waals surface area contributed by atoms with Crippen LogP contribution in [0.1, 0.15) is 19.9 Å². The van der Waals surface area contributed by atoms with Crippen molar-refractivity contribution in [3.8, 4) is 0 Å². The van der Waals surface area contributed by atoms with E-state index in [0.29, 0.717) is 27.2 Å². The van der Waals surface area contributed by atoms with Gasteiger partial charge in [-0.1, -0.05) is 0 Å². The van der Waals surface area contributed by atoms with Crippen LogP contribution in [0.5, 0.6) is 0 Å². The van der Waals surface area contributed by atoms with Gasteiger partial charge in [0.05, 0.1) is 0 Å². The van der Waals surface area contributed by atoms with Gasteiger partial charge in [0.15, 0.2) is 5.58 Å². The van der Waals surface area contributed by atoms with Gasteiger partial charge in [-0.05, 0) is 32.0 Å². The van der Waals surface area contributed by atoms with Crippen molar-refractivity contribution in [2.24, 2.45) is 0 Å². The van der Waals surface area contributed by atoms with Gasteiger partial charge in [0.2, 0.25) is 5.16 Å². The maximum Gasteiger partial charge on any atom is 0.344 e. The fraction of sp³-hybridized carbons (Fsp3) is 0.250. The molecule has 0 aliphatic rings. The molecule has 2 heterocycles. The Bertz CT molecular complexity index is 817. The number of hydrogen-bond acceptors (Lipinski definition) is 6. The molecule has 2 aromatic heterocycles. The van der Waals surface area contributed by atoms with Crippen LogP contribution in [-0.4, -0.2) is 19.7 Å². The Kier molecular flexibility index (Phi) is 3.01. The number of nitrogens with two attached hydrogens (primary N) is 1. The van der Waals surface area contributed by atoms with Gasteiger partial charge in [0.25, 0.3) is 5.22 Å². The maximum absolute atomic E-state index is 11.7. The highest BCUT2D eigenvalue weighted by molar-refractivity contribution is 7.99. The normalized spacial score (nSPS) is 11.6. The second-order valence-electron chi connectivity index (χ2n) is 4.58. The summed E-state index contributed by atoms with van der Waals surface area (Å²) in [6.07, 6.45) is 0. The molecule has 8 heteroatoms. The van der Waals surface area contributed by atoms with E-state index in [0.717, 1.165) is 0 Å². The largest absolute Gasteiger partial charge is 0.431 e. The minimum absolute atomic E-state index is 0.00349. The minimum atomic E-state index is -0.247. The fourth-order valence-corrected chi connectivity index (χ4v) is 2.78. The van der Waals surface area contributed by atoms with Crippen LogP contribution in [0.2, 0.25) is 0 Å². The molecule has 0 saturated heterocycles. The summed E-state index contributed by atoms with van der Waals surface area (Å²) in [5, 5.41) is 7.35. The summed E-state index contributed by atoms with van der Waals surface area (Å²) >= 11 is 1.20. The van der Waals surface area contributed by atoms with Crippen molar-refractivity contribution in [2.45, 2.75) is 30.3 Å². The molecule has 0 saturated carbocycles. The lowest BCUT2D eigenvalue weighted by Gasteiger charge is -2.06. The Balaban J connectivity index is 1.99. The molecule has 0 amide bonds. The van der Waals surface area contributed by atoms with Gasteiger partial charge in [0.1, 0.15) is 5.52 Å². The van der Waals surface area contributed by atoms with E-state index in [1.807, 2.05) is 13.8 Å². The van der Waals surface area contributed by atoms with Crippen LogP contribution in [0.3, 0.4) is 0 Å². The van der Waals surface area contributed by atoms with Crippen molar-refractivity contribution < 1.29 is 4.42 Å². The molecule has 0 unspecified atom stereocenters. The first-order valence-corrected chi connectivity index (χ1v) is 6.87. The van der Waals surface area contributed by atoms with Crippen molar-refractivity contribution in [3.05, 3.63) is 28.7 Å². The SMILES string of the molecule is CC(C)n1c(Sc2nc3cc(N)ccc3o2)n[nH]c1=O. The summed E-state index contributed by atoms with van der Waals surface area (Å²) in [5.41, 5.74) is 7.41. The summed E-state index contributed by atoms with van der Waals surface area (Å²) in [7, 11) is 0. The summed E-state index contributed by atoms with van der Waals surface area (Å²) in [5.74, 6) is 0. The zero-order valence-corrected chi connectivity index (χ0v) is 11.8. The summed E-state index contributed by atoms with van der Waals surface area (Å²) in [6.45, 7) is 3.82. The molecule has 0 atom stereocenters. The van der Waals surface area contributed by atoms with E-state index < -0.39 is 0 Å². The molecule has 0 radical (unpaired) electrons. The lowest BCUT2D eigenvalue weighted by Crippen LogP contribution is -2.19. The number of benzene rings is 1. The second-order valence-corrected chi connectivity index (χ2v) is 5.50. The van der Waals surface area contributed by atoms with Crippen LogP contribution in [0.25, 0.3) is 11.1 Å². The lowest BCUT2D eigenvalue weighted by atomic mass is 10.3. The Hall–Kier alpha value is -2.22. The molecule has 3 aromatic rings. The third kappa shape index (κ3) is 2.18.